The van der Waals surface area contributed by atoms with Crippen molar-refractivity contribution in [3.63, 3.8) is 0 Å². The van der Waals surface area contributed by atoms with Gasteiger partial charge in [-0.1, -0.05) is 23.7 Å². The van der Waals surface area contributed by atoms with Gasteiger partial charge in [-0.15, -0.1) is 5.10 Å². The Morgan fingerprint density at radius 1 is 1.19 bits per heavy atom. The van der Waals surface area contributed by atoms with Crippen LogP contribution in [0.15, 0.2) is 42.5 Å². The van der Waals surface area contributed by atoms with Crippen molar-refractivity contribution in [2.45, 2.75) is 0 Å². The predicted molar refractivity (Wildman–Crippen MR) is 80.6 cm³/mol. The van der Waals surface area contributed by atoms with Gasteiger partial charge in [0.15, 0.2) is 11.6 Å². The van der Waals surface area contributed by atoms with Crippen molar-refractivity contribution < 1.29 is 4.74 Å². The quantitative estimate of drug-likeness (QED) is 0.752. The second-order valence-electron chi connectivity index (χ2n) is 4.32. The van der Waals surface area contributed by atoms with Crippen LogP contribution in [0.3, 0.4) is 0 Å². The molecule has 2 aromatic carbocycles. The van der Waals surface area contributed by atoms with Crippen LogP contribution in [0.4, 0.5) is 5.69 Å². The fourth-order valence-corrected chi connectivity index (χ4v) is 2.28. The number of nitrogen functional groups attached to an aromatic ring is 1. The van der Waals surface area contributed by atoms with E-state index in [0.717, 1.165) is 5.69 Å². The number of halogens is 1. The Morgan fingerprint density at radius 2 is 2.00 bits per heavy atom. The summed E-state index contributed by atoms with van der Waals surface area (Å²) in [6.45, 7) is 0. The topological polar surface area (TPSA) is 78.8 Å². The molecule has 1 aromatic heterocycles. The molecule has 0 spiro atoms. The summed E-state index contributed by atoms with van der Waals surface area (Å²) >= 11 is 6.02. The first-order valence-corrected chi connectivity index (χ1v) is 6.55. The molecule has 21 heavy (non-hydrogen) atoms. The maximum atomic E-state index is 6.02. The number of anilines is 1. The zero-order chi connectivity index (χ0) is 14.8. The number of aromatic nitrogens is 4. The third-order valence-electron chi connectivity index (χ3n) is 3.01. The third-order valence-corrected chi connectivity index (χ3v) is 3.25. The van der Waals surface area contributed by atoms with Gasteiger partial charge in [0.1, 0.15) is 0 Å². The van der Waals surface area contributed by atoms with E-state index < -0.39 is 0 Å². The summed E-state index contributed by atoms with van der Waals surface area (Å²) in [5.41, 5.74) is 7.92. The Morgan fingerprint density at radius 3 is 2.76 bits per heavy atom. The minimum Gasteiger partial charge on any atom is -0.494 e. The van der Waals surface area contributed by atoms with Gasteiger partial charge >= 0.3 is 0 Å². The van der Waals surface area contributed by atoms with Crippen molar-refractivity contribution in [3.05, 3.63) is 47.5 Å². The molecule has 3 aromatic rings. The number of hydrogen-bond donors (Lipinski definition) is 1. The number of benzene rings is 2. The van der Waals surface area contributed by atoms with Crippen molar-refractivity contribution in [1.82, 2.24) is 20.2 Å². The first kappa shape index (κ1) is 13.4. The van der Waals surface area contributed by atoms with E-state index in [0.29, 0.717) is 27.8 Å². The van der Waals surface area contributed by atoms with E-state index in [2.05, 4.69) is 15.5 Å². The normalized spacial score (nSPS) is 10.6. The van der Waals surface area contributed by atoms with E-state index in [1.807, 2.05) is 24.3 Å². The summed E-state index contributed by atoms with van der Waals surface area (Å²) in [7, 11) is 1.56. The molecule has 0 aliphatic carbocycles. The second-order valence-corrected chi connectivity index (χ2v) is 4.76. The van der Waals surface area contributed by atoms with E-state index in [1.54, 1.807) is 30.0 Å². The monoisotopic (exact) mass is 301 g/mol. The number of hydrogen-bond acceptors (Lipinski definition) is 5. The highest BCUT2D eigenvalue weighted by Gasteiger charge is 2.16. The minimum atomic E-state index is 0.524. The molecule has 106 valence electrons. The van der Waals surface area contributed by atoms with Crippen molar-refractivity contribution in [1.29, 1.82) is 0 Å². The summed E-state index contributed by atoms with van der Waals surface area (Å²) in [5.74, 6) is 1.07. The van der Waals surface area contributed by atoms with Gasteiger partial charge in [0, 0.05) is 5.02 Å². The lowest BCUT2D eigenvalue weighted by Crippen LogP contribution is -2.02. The number of methoxy groups -OCH3 is 1. The maximum Gasteiger partial charge on any atom is 0.190 e. The molecule has 0 bridgehead atoms. The SMILES string of the molecule is COc1c(N)cccc1-c1nnnn1-c1cccc(Cl)c1. The Balaban J connectivity index is 2.18. The van der Waals surface area contributed by atoms with Gasteiger partial charge in [-0.25, -0.2) is 0 Å². The molecule has 0 saturated heterocycles. The van der Waals surface area contributed by atoms with Crippen molar-refractivity contribution in [2.75, 3.05) is 12.8 Å². The number of nitrogens with two attached hydrogens (primary N) is 1. The number of ether oxygens (including phenoxy) is 1. The number of tetrazole rings is 1. The van der Waals surface area contributed by atoms with Gasteiger partial charge in [0.05, 0.1) is 24.0 Å². The molecule has 0 amide bonds. The molecule has 1 heterocycles. The second kappa shape index (κ2) is 5.41. The van der Waals surface area contributed by atoms with Crippen molar-refractivity contribution in [2.24, 2.45) is 0 Å². The molecule has 3 rings (SSSR count). The first-order chi connectivity index (χ1) is 10.2. The average Bonchev–Trinajstić information content (AvgIpc) is 2.96. The van der Waals surface area contributed by atoms with Gasteiger partial charge < -0.3 is 10.5 Å². The smallest absolute Gasteiger partial charge is 0.190 e. The van der Waals surface area contributed by atoms with Crippen LogP contribution in [-0.2, 0) is 0 Å². The molecule has 0 atom stereocenters. The largest absolute Gasteiger partial charge is 0.494 e. The van der Waals surface area contributed by atoms with Gasteiger partial charge in [0.2, 0.25) is 0 Å². The molecule has 0 saturated carbocycles. The van der Waals surface area contributed by atoms with Gasteiger partial charge in [0.25, 0.3) is 0 Å². The fraction of sp³-hybridized carbons (Fsp3) is 0.0714. The van der Waals surface area contributed by atoms with Crippen LogP contribution in [0.5, 0.6) is 5.75 Å². The van der Waals surface area contributed by atoms with Gasteiger partial charge in [-0.3, -0.25) is 0 Å². The van der Waals surface area contributed by atoms with Crippen LogP contribution >= 0.6 is 11.6 Å². The van der Waals surface area contributed by atoms with Crippen LogP contribution in [0, 0.1) is 0 Å². The van der Waals surface area contributed by atoms with Crippen LogP contribution < -0.4 is 10.5 Å². The highest BCUT2D eigenvalue weighted by molar-refractivity contribution is 6.30. The van der Waals surface area contributed by atoms with E-state index in [4.69, 9.17) is 22.1 Å². The molecular formula is C14H12ClN5O. The highest BCUT2D eigenvalue weighted by Crippen LogP contribution is 2.34. The maximum absolute atomic E-state index is 6.02. The van der Waals surface area contributed by atoms with Crippen LogP contribution in [0.2, 0.25) is 5.02 Å². The van der Waals surface area contributed by atoms with E-state index in [1.165, 1.54) is 0 Å². The van der Waals surface area contributed by atoms with E-state index in [-0.39, 0.29) is 0 Å². The van der Waals surface area contributed by atoms with Crippen LogP contribution in [-0.4, -0.2) is 27.3 Å². The third kappa shape index (κ3) is 2.41. The molecule has 0 aliphatic rings. The zero-order valence-corrected chi connectivity index (χ0v) is 11.9. The first-order valence-electron chi connectivity index (χ1n) is 6.18. The highest BCUT2D eigenvalue weighted by atomic mass is 35.5. The lowest BCUT2D eigenvalue weighted by molar-refractivity contribution is 0.418. The Hall–Kier alpha value is -2.60. The summed E-state index contributed by atoms with van der Waals surface area (Å²) in [6, 6.07) is 12.7. The summed E-state index contributed by atoms with van der Waals surface area (Å²) in [6.07, 6.45) is 0. The standard InChI is InChI=1S/C14H12ClN5O/c1-21-13-11(6-3-7-12(13)16)14-17-18-19-20(14)10-5-2-4-9(15)8-10/h2-8H,16H2,1H3. The summed E-state index contributed by atoms with van der Waals surface area (Å²) < 4.78 is 6.94. The van der Waals surface area contributed by atoms with E-state index in [9.17, 15) is 0 Å². The number of rotatable bonds is 3. The summed E-state index contributed by atoms with van der Waals surface area (Å²) in [5, 5.41) is 12.4. The molecule has 7 heteroatoms. The Bertz CT molecular complexity index is 787. The molecule has 2 N–H and O–H groups in total. The average molecular weight is 302 g/mol. The van der Waals surface area contributed by atoms with E-state index >= 15 is 0 Å². The predicted octanol–water partition coefficient (Wildman–Crippen LogP) is 2.57. The summed E-state index contributed by atoms with van der Waals surface area (Å²) in [4.78, 5) is 0. The molecule has 0 radical (unpaired) electrons. The van der Waals surface area contributed by atoms with Crippen molar-refractivity contribution in [3.8, 4) is 22.8 Å². The lowest BCUT2D eigenvalue weighted by atomic mass is 10.1. The van der Waals surface area contributed by atoms with Gasteiger partial charge in [-0.2, -0.15) is 4.68 Å². The Kier molecular flexibility index (Phi) is 3.45. The number of nitrogens with zero attached hydrogens (tertiary/aromatic N) is 4. The van der Waals surface area contributed by atoms with Crippen LogP contribution in [0.25, 0.3) is 17.1 Å². The molecule has 0 fully saturated rings. The van der Waals surface area contributed by atoms with Crippen molar-refractivity contribution >= 4 is 17.3 Å². The molecule has 0 aliphatic heterocycles. The van der Waals surface area contributed by atoms with Crippen LogP contribution in [0.1, 0.15) is 0 Å². The number of para-hydroxylation sites is 1. The van der Waals surface area contributed by atoms with Gasteiger partial charge in [-0.05, 0) is 40.8 Å². The minimum absolute atomic E-state index is 0.524. The zero-order valence-electron chi connectivity index (χ0n) is 11.2. The Labute approximate surface area is 126 Å². The fourth-order valence-electron chi connectivity index (χ4n) is 2.10. The molecule has 6 nitrogen and oxygen atoms in total. The molecular weight excluding hydrogens is 290 g/mol. The lowest BCUT2D eigenvalue weighted by Gasteiger charge is -2.10. The molecule has 0 unspecified atom stereocenters.